The predicted octanol–water partition coefficient (Wildman–Crippen LogP) is 2.50. The predicted molar refractivity (Wildman–Crippen MR) is 81.1 cm³/mol. The van der Waals surface area contributed by atoms with E-state index in [2.05, 4.69) is 5.32 Å². The van der Waals surface area contributed by atoms with E-state index in [-0.39, 0.29) is 22.2 Å². The van der Waals surface area contributed by atoms with E-state index in [1.807, 2.05) is 0 Å². The van der Waals surface area contributed by atoms with Gasteiger partial charge >= 0.3 is 5.97 Å². The molecule has 0 heterocycles. The molecular formula is C14H19ClN2O4. The summed E-state index contributed by atoms with van der Waals surface area (Å²) in [4.78, 5) is 22.8. The number of carboxylic acids is 1. The largest absolute Gasteiger partial charge is 0.496 e. The topological polar surface area (TPSA) is 102 Å². The minimum atomic E-state index is -1.14. The first-order chi connectivity index (χ1) is 9.99. The molecule has 0 aromatic heterocycles. The van der Waals surface area contributed by atoms with Crippen LogP contribution in [0.4, 0.5) is 5.69 Å². The standard InChI is InChI=1S/C14H19ClN2O4/c1-21-12-8-11(10(15)7-9(12)14(19)20)17-13(18)5-3-2-4-6-16/h7-8H,2-6,16H2,1H3,(H,17,18)(H,19,20). The molecule has 116 valence electrons. The number of aromatic carboxylic acids is 1. The molecule has 4 N–H and O–H groups in total. The van der Waals surface area contributed by atoms with Gasteiger partial charge in [-0.2, -0.15) is 0 Å². The highest BCUT2D eigenvalue weighted by atomic mass is 35.5. The lowest BCUT2D eigenvalue weighted by molar-refractivity contribution is -0.116. The van der Waals surface area contributed by atoms with Crippen LogP contribution in [0.2, 0.25) is 5.02 Å². The second kappa shape index (κ2) is 8.49. The molecule has 1 amide bonds. The SMILES string of the molecule is COc1cc(NC(=O)CCCCCN)c(Cl)cc1C(=O)O. The number of carbonyl (C=O) groups excluding carboxylic acids is 1. The molecule has 7 heteroatoms. The highest BCUT2D eigenvalue weighted by Gasteiger charge is 2.16. The van der Waals surface area contributed by atoms with E-state index in [0.717, 1.165) is 19.3 Å². The Balaban J connectivity index is 2.75. The molecule has 21 heavy (non-hydrogen) atoms. The molecule has 0 aliphatic rings. The van der Waals surface area contributed by atoms with E-state index in [0.29, 0.717) is 18.7 Å². The summed E-state index contributed by atoms with van der Waals surface area (Å²) in [6, 6.07) is 2.66. The van der Waals surface area contributed by atoms with Crippen LogP contribution in [0.1, 0.15) is 36.0 Å². The number of rotatable bonds is 8. The minimum Gasteiger partial charge on any atom is -0.496 e. The third-order valence-corrected chi connectivity index (χ3v) is 3.21. The quantitative estimate of drug-likeness (QED) is 0.640. The number of benzene rings is 1. The van der Waals surface area contributed by atoms with Crippen LogP contribution < -0.4 is 15.8 Å². The molecule has 1 aromatic rings. The van der Waals surface area contributed by atoms with Gasteiger partial charge in [0.2, 0.25) is 5.91 Å². The summed E-state index contributed by atoms with van der Waals surface area (Å²) in [6.45, 7) is 0.612. The molecule has 0 saturated heterocycles. The molecular weight excluding hydrogens is 296 g/mol. The van der Waals surface area contributed by atoms with E-state index >= 15 is 0 Å². The fourth-order valence-corrected chi connectivity index (χ4v) is 2.02. The highest BCUT2D eigenvalue weighted by molar-refractivity contribution is 6.34. The van der Waals surface area contributed by atoms with Gasteiger partial charge in [0.25, 0.3) is 0 Å². The normalized spacial score (nSPS) is 10.2. The first kappa shape index (κ1) is 17.3. The van der Waals surface area contributed by atoms with Gasteiger partial charge in [-0.15, -0.1) is 0 Å². The number of hydrogen-bond acceptors (Lipinski definition) is 4. The zero-order valence-electron chi connectivity index (χ0n) is 11.8. The Morgan fingerprint density at radius 2 is 2.05 bits per heavy atom. The lowest BCUT2D eigenvalue weighted by Crippen LogP contribution is -2.12. The Morgan fingerprint density at radius 3 is 2.62 bits per heavy atom. The maximum Gasteiger partial charge on any atom is 0.339 e. The summed E-state index contributed by atoms with van der Waals surface area (Å²) in [5, 5.41) is 11.8. The molecule has 0 spiro atoms. The highest BCUT2D eigenvalue weighted by Crippen LogP contribution is 2.31. The Hall–Kier alpha value is -1.79. The monoisotopic (exact) mass is 314 g/mol. The molecule has 1 aromatic carbocycles. The van der Waals surface area contributed by atoms with Gasteiger partial charge in [-0.1, -0.05) is 18.0 Å². The van der Waals surface area contributed by atoms with Crippen LogP contribution >= 0.6 is 11.6 Å². The van der Waals surface area contributed by atoms with Gasteiger partial charge in [0.1, 0.15) is 11.3 Å². The van der Waals surface area contributed by atoms with Gasteiger partial charge in [0.05, 0.1) is 17.8 Å². The van der Waals surface area contributed by atoms with Crippen LogP contribution in [0, 0.1) is 0 Å². The van der Waals surface area contributed by atoms with Crippen molar-refractivity contribution in [3.63, 3.8) is 0 Å². The first-order valence-corrected chi connectivity index (χ1v) is 6.98. The molecule has 0 fully saturated rings. The van der Waals surface area contributed by atoms with E-state index < -0.39 is 5.97 Å². The number of methoxy groups -OCH3 is 1. The summed E-state index contributed by atoms with van der Waals surface area (Å²) < 4.78 is 4.99. The van der Waals surface area contributed by atoms with Gasteiger partial charge in [0.15, 0.2) is 0 Å². The lowest BCUT2D eigenvalue weighted by atomic mass is 10.1. The van der Waals surface area contributed by atoms with Crippen molar-refractivity contribution in [1.29, 1.82) is 0 Å². The Labute approximate surface area is 128 Å². The number of nitrogens with one attached hydrogen (secondary N) is 1. The molecule has 0 unspecified atom stereocenters. The van der Waals surface area contributed by atoms with Crippen molar-refractivity contribution in [1.82, 2.24) is 0 Å². The molecule has 0 aliphatic carbocycles. The first-order valence-electron chi connectivity index (χ1n) is 6.60. The Kier molecular flexibility index (Phi) is 6.98. The van der Waals surface area contributed by atoms with Crippen LogP contribution in [0.5, 0.6) is 5.75 Å². The van der Waals surface area contributed by atoms with Crippen molar-refractivity contribution in [2.24, 2.45) is 5.73 Å². The van der Waals surface area contributed by atoms with Crippen molar-refractivity contribution < 1.29 is 19.4 Å². The van der Waals surface area contributed by atoms with Gasteiger partial charge in [-0.3, -0.25) is 4.79 Å². The number of anilines is 1. The Bertz CT molecular complexity index is 520. The number of hydrogen-bond donors (Lipinski definition) is 3. The van der Waals surface area contributed by atoms with Crippen LogP contribution in [0.3, 0.4) is 0 Å². The molecule has 0 bridgehead atoms. The van der Waals surface area contributed by atoms with Crippen LogP contribution in [0.25, 0.3) is 0 Å². The van der Waals surface area contributed by atoms with Crippen LogP contribution in [-0.2, 0) is 4.79 Å². The van der Waals surface area contributed by atoms with Gasteiger partial charge in [0, 0.05) is 12.5 Å². The zero-order chi connectivity index (χ0) is 15.8. The fourth-order valence-electron chi connectivity index (χ4n) is 1.80. The van der Waals surface area contributed by atoms with E-state index in [1.54, 1.807) is 0 Å². The molecule has 6 nitrogen and oxygen atoms in total. The fraction of sp³-hybridized carbons (Fsp3) is 0.429. The van der Waals surface area contributed by atoms with Crippen molar-refractivity contribution in [3.05, 3.63) is 22.7 Å². The summed E-state index contributed by atoms with van der Waals surface area (Å²) in [5.74, 6) is -1.18. The van der Waals surface area contributed by atoms with Crippen molar-refractivity contribution in [2.45, 2.75) is 25.7 Å². The van der Waals surface area contributed by atoms with Gasteiger partial charge in [-0.05, 0) is 25.5 Å². The van der Waals surface area contributed by atoms with E-state index in [9.17, 15) is 9.59 Å². The number of amides is 1. The van der Waals surface area contributed by atoms with Crippen molar-refractivity contribution in [2.75, 3.05) is 19.0 Å². The minimum absolute atomic E-state index is 0.0524. The van der Waals surface area contributed by atoms with E-state index in [1.165, 1.54) is 19.2 Å². The summed E-state index contributed by atoms with van der Waals surface area (Å²) in [5.41, 5.74) is 5.66. The number of halogens is 1. The van der Waals surface area contributed by atoms with Crippen LogP contribution in [-0.4, -0.2) is 30.6 Å². The number of carbonyl (C=O) groups is 2. The van der Waals surface area contributed by atoms with Crippen LogP contribution in [0.15, 0.2) is 12.1 Å². The number of ether oxygens (including phenoxy) is 1. The summed E-state index contributed by atoms with van der Waals surface area (Å²) in [6.07, 6.45) is 2.87. The van der Waals surface area contributed by atoms with Crippen molar-refractivity contribution in [3.8, 4) is 5.75 Å². The molecule has 0 atom stereocenters. The molecule has 0 saturated carbocycles. The smallest absolute Gasteiger partial charge is 0.339 e. The maximum atomic E-state index is 11.8. The molecule has 0 aliphatic heterocycles. The third-order valence-electron chi connectivity index (χ3n) is 2.90. The number of carboxylic acid groups (broad SMARTS) is 1. The molecule has 0 radical (unpaired) electrons. The summed E-state index contributed by atoms with van der Waals surface area (Å²) >= 11 is 5.98. The van der Waals surface area contributed by atoms with Gasteiger partial charge in [-0.25, -0.2) is 4.79 Å². The van der Waals surface area contributed by atoms with Crippen molar-refractivity contribution >= 4 is 29.2 Å². The Morgan fingerprint density at radius 1 is 1.33 bits per heavy atom. The third kappa shape index (κ3) is 5.24. The number of unbranched alkanes of at least 4 members (excludes halogenated alkanes) is 2. The summed E-state index contributed by atoms with van der Waals surface area (Å²) in [7, 11) is 1.36. The number of nitrogens with two attached hydrogens (primary N) is 1. The average Bonchev–Trinajstić information content (AvgIpc) is 2.45. The van der Waals surface area contributed by atoms with Gasteiger partial charge < -0.3 is 20.9 Å². The van der Waals surface area contributed by atoms with E-state index in [4.69, 9.17) is 27.2 Å². The zero-order valence-corrected chi connectivity index (χ0v) is 12.6. The lowest BCUT2D eigenvalue weighted by Gasteiger charge is -2.11. The maximum absolute atomic E-state index is 11.8. The average molecular weight is 315 g/mol. The second-order valence-electron chi connectivity index (χ2n) is 4.49. The molecule has 1 rings (SSSR count). The second-order valence-corrected chi connectivity index (χ2v) is 4.89.